The number of rotatable bonds is 3. The molecule has 7 heteroatoms. The monoisotopic (exact) mass is 334 g/mol. The number of aromatic nitrogens is 1. The fourth-order valence-corrected chi connectivity index (χ4v) is 2.09. The lowest BCUT2D eigenvalue weighted by Gasteiger charge is -2.12. The van der Waals surface area contributed by atoms with Crippen LogP contribution >= 0.6 is 15.9 Å². The first kappa shape index (κ1) is 14.1. The van der Waals surface area contributed by atoms with Gasteiger partial charge in [0.25, 0.3) is 0 Å². The molecule has 0 unspecified atom stereocenters. The van der Waals surface area contributed by atoms with Crippen molar-refractivity contribution in [1.82, 2.24) is 10.3 Å². The standard InChI is InChI=1S/C12H10BrF3N2O/c1-17-5-10-11(19-6-18-10)8-3-2-7(13)4-9(8)12(14,15)16/h2-4,6,17H,5H2,1H3. The fraction of sp³-hybridized carbons (Fsp3) is 0.250. The second-order valence-corrected chi connectivity index (χ2v) is 4.76. The zero-order chi connectivity index (χ0) is 14.0. The number of halogens is 4. The number of oxazole rings is 1. The van der Waals surface area contributed by atoms with Crippen molar-refractivity contribution in [3.63, 3.8) is 0 Å². The molecule has 1 aromatic heterocycles. The maximum atomic E-state index is 13.0. The molecule has 2 aromatic rings. The van der Waals surface area contributed by atoms with Crippen molar-refractivity contribution in [2.45, 2.75) is 12.7 Å². The quantitative estimate of drug-likeness (QED) is 0.926. The molecule has 1 heterocycles. The van der Waals surface area contributed by atoms with Crippen molar-refractivity contribution in [2.24, 2.45) is 0 Å². The Kier molecular flexibility index (Phi) is 3.96. The van der Waals surface area contributed by atoms with Crippen molar-refractivity contribution in [1.29, 1.82) is 0 Å². The highest BCUT2D eigenvalue weighted by Crippen LogP contribution is 2.39. The summed E-state index contributed by atoms with van der Waals surface area (Å²) in [7, 11) is 1.69. The molecule has 2 rings (SSSR count). The van der Waals surface area contributed by atoms with Crippen molar-refractivity contribution < 1.29 is 17.6 Å². The molecule has 19 heavy (non-hydrogen) atoms. The van der Waals surface area contributed by atoms with Gasteiger partial charge in [-0.2, -0.15) is 13.2 Å². The van der Waals surface area contributed by atoms with Gasteiger partial charge < -0.3 is 9.73 Å². The Morgan fingerprint density at radius 3 is 2.74 bits per heavy atom. The van der Waals surface area contributed by atoms with Gasteiger partial charge in [-0.1, -0.05) is 15.9 Å². The van der Waals surface area contributed by atoms with Crippen LogP contribution in [0.2, 0.25) is 0 Å². The minimum atomic E-state index is -4.46. The van der Waals surface area contributed by atoms with E-state index in [1.807, 2.05) is 0 Å². The van der Waals surface area contributed by atoms with Crippen LogP contribution in [-0.4, -0.2) is 12.0 Å². The molecule has 0 aliphatic carbocycles. The summed E-state index contributed by atoms with van der Waals surface area (Å²) in [5.41, 5.74) is -0.329. The summed E-state index contributed by atoms with van der Waals surface area (Å²) in [6.07, 6.45) is -3.31. The molecule has 0 saturated heterocycles. The molecule has 0 spiro atoms. The van der Waals surface area contributed by atoms with E-state index in [9.17, 15) is 13.2 Å². The number of nitrogens with one attached hydrogen (secondary N) is 1. The summed E-state index contributed by atoms with van der Waals surface area (Å²) >= 11 is 3.04. The smallest absolute Gasteiger partial charge is 0.417 e. The number of benzene rings is 1. The van der Waals surface area contributed by atoms with Gasteiger partial charge in [-0.3, -0.25) is 0 Å². The SMILES string of the molecule is CNCc1ncoc1-c1ccc(Br)cc1C(F)(F)F. The Bertz CT molecular complexity index is 581. The second-order valence-electron chi connectivity index (χ2n) is 3.85. The average molecular weight is 335 g/mol. The van der Waals surface area contributed by atoms with Crippen molar-refractivity contribution in [3.8, 4) is 11.3 Å². The molecule has 1 N–H and O–H groups in total. The van der Waals surface area contributed by atoms with Gasteiger partial charge in [0.2, 0.25) is 0 Å². The highest BCUT2D eigenvalue weighted by Gasteiger charge is 2.35. The third-order valence-corrected chi connectivity index (χ3v) is 3.01. The van der Waals surface area contributed by atoms with Crippen molar-refractivity contribution in [2.75, 3.05) is 7.05 Å². The lowest BCUT2D eigenvalue weighted by Crippen LogP contribution is -2.09. The van der Waals surface area contributed by atoms with E-state index in [1.54, 1.807) is 7.05 Å². The van der Waals surface area contributed by atoms with Gasteiger partial charge in [-0.05, 0) is 25.2 Å². The van der Waals surface area contributed by atoms with Gasteiger partial charge >= 0.3 is 6.18 Å². The van der Waals surface area contributed by atoms with Crippen molar-refractivity contribution in [3.05, 3.63) is 40.3 Å². The molecule has 1 aromatic carbocycles. The van der Waals surface area contributed by atoms with Crippen LogP contribution in [0.3, 0.4) is 0 Å². The Morgan fingerprint density at radius 1 is 1.37 bits per heavy atom. The van der Waals surface area contributed by atoms with E-state index in [2.05, 4.69) is 26.2 Å². The molecular formula is C12H10BrF3N2O. The third-order valence-electron chi connectivity index (χ3n) is 2.52. The Labute approximate surface area is 116 Å². The Balaban J connectivity index is 2.58. The van der Waals surface area contributed by atoms with Crippen molar-refractivity contribution >= 4 is 15.9 Å². The van der Waals surface area contributed by atoms with Gasteiger partial charge in [0.15, 0.2) is 12.2 Å². The van der Waals surface area contributed by atoms with E-state index in [1.165, 1.54) is 12.1 Å². The average Bonchev–Trinajstić information content (AvgIpc) is 2.76. The molecule has 0 fully saturated rings. The number of hydrogen-bond acceptors (Lipinski definition) is 3. The molecule has 0 bridgehead atoms. The largest absolute Gasteiger partial charge is 0.443 e. The lowest BCUT2D eigenvalue weighted by molar-refractivity contribution is -0.137. The molecule has 0 radical (unpaired) electrons. The van der Waals surface area contributed by atoms with E-state index in [0.717, 1.165) is 12.5 Å². The highest BCUT2D eigenvalue weighted by atomic mass is 79.9. The molecule has 0 atom stereocenters. The molecule has 3 nitrogen and oxygen atoms in total. The van der Waals surface area contributed by atoms with Crippen LogP contribution in [0.5, 0.6) is 0 Å². The maximum absolute atomic E-state index is 13.0. The molecule has 0 aliphatic heterocycles. The van der Waals surface area contributed by atoms with Crippen LogP contribution in [-0.2, 0) is 12.7 Å². The molecule has 102 valence electrons. The van der Waals surface area contributed by atoms with E-state index in [4.69, 9.17) is 4.42 Å². The highest BCUT2D eigenvalue weighted by molar-refractivity contribution is 9.10. The number of nitrogens with zero attached hydrogens (tertiary/aromatic N) is 1. The Morgan fingerprint density at radius 2 is 2.11 bits per heavy atom. The van der Waals surface area contributed by atoms with E-state index >= 15 is 0 Å². The zero-order valence-corrected chi connectivity index (χ0v) is 11.5. The first-order valence-electron chi connectivity index (χ1n) is 5.37. The molecule has 0 aliphatic rings. The van der Waals surface area contributed by atoms with Gasteiger partial charge in [0, 0.05) is 16.6 Å². The zero-order valence-electron chi connectivity index (χ0n) is 9.88. The summed E-state index contributed by atoms with van der Waals surface area (Å²) in [6.45, 7) is 0.333. The molecule has 0 amide bonds. The summed E-state index contributed by atoms with van der Waals surface area (Å²) in [5, 5.41) is 2.84. The lowest BCUT2D eigenvalue weighted by atomic mass is 10.0. The summed E-state index contributed by atoms with van der Waals surface area (Å²) in [5.74, 6) is 0.133. The predicted octanol–water partition coefficient (Wildman–Crippen LogP) is 3.84. The summed E-state index contributed by atoms with van der Waals surface area (Å²) < 4.78 is 44.6. The molecule has 0 saturated carbocycles. The first-order valence-corrected chi connectivity index (χ1v) is 6.17. The predicted molar refractivity (Wildman–Crippen MR) is 67.4 cm³/mol. The van der Waals surface area contributed by atoms with Crippen LogP contribution in [0.25, 0.3) is 11.3 Å². The van der Waals surface area contributed by atoms with Crippen LogP contribution in [0.15, 0.2) is 33.5 Å². The third kappa shape index (κ3) is 2.98. The van der Waals surface area contributed by atoms with E-state index in [0.29, 0.717) is 16.7 Å². The Hall–Kier alpha value is -1.34. The van der Waals surface area contributed by atoms with Crippen LogP contribution in [0.1, 0.15) is 11.3 Å². The van der Waals surface area contributed by atoms with Crippen LogP contribution in [0, 0.1) is 0 Å². The fourth-order valence-electron chi connectivity index (χ4n) is 1.73. The van der Waals surface area contributed by atoms with Gasteiger partial charge in [0.1, 0.15) is 5.69 Å². The van der Waals surface area contributed by atoms with E-state index < -0.39 is 11.7 Å². The minimum absolute atomic E-state index is 0.0153. The topological polar surface area (TPSA) is 38.1 Å². The maximum Gasteiger partial charge on any atom is 0.417 e. The van der Waals surface area contributed by atoms with Gasteiger partial charge in [-0.25, -0.2) is 4.98 Å². The summed E-state index contributed by atoms with van der Waals surface area (Å²) in [4.78, 5) is 3.92. The van der Waals surface area contributed by atoms with E-state index in [-0.39, 0.29) is 11.3 Å². The van der Waals surface area contributed by atoms with Gasteiger partial charge in [-0.15, -0.1) is 0 Å². The summed E-state index contributed by atoms with van der Waals surface area (Å²) in [6, 6.07) is 3.93. The van der Waals surface area contributed by atoms with Gasteiger partial charge in [0.05, 0.1) is 5.56 Å². The molecular weight excluding hydrogens is 325 g/mol. The number of hydrogen-bond donors (Lipinski definition) is 1. The second kappa shape index (κ2) is 5.34. The van der Waals surface area contributed by atoms with Crippen LogP contribution < -0.4 is 5.32 Å². The normalized spacial score (nSPS) is 11.8. The first-order chi connectivity index (χ1) is 8.93. The van der Waals surface area contributed by atoms with Crippen LogP contribution in [0.4, 0.5) is 13.2 Å². The number of alkyl halides is 3. The minimum Gasteiger partial charge on any atom is -0.443 e.